The Balaban J connectivity index is 1.25. The van der Waals surface area contributed by atoms with Gasteiger partial charge in [-0.3, -0.25) is 9.59 Å². The first-order valence-corrected chi connectivity index (χ1v) is 11.6. The molecule has 30 heavy (non-hydrogen) atoms. The lowest BCUT2D eigenvalue weighted by molar-refractivity contribution is -0.211. The number of halogens is 1. The third-order valence-electron chi connectivity index (χ3n) is 7.57. The van der Waals surface area contributed by atoms with Crippen molar-refractivity contribution in [2.75, 3.05) is 19.7 Å². The third-order valence-corrected chi connectivity index (χ3v) is 7.57. The molecule has 1 atom stereocenters. The number of carbonyl (C=O) groups excluding carboxylic acids is 2. The van der Waals surface area contributed by atoms with E-state index >= 15 is 0 Å². The summed E-state index contributed by atoms with van der Waals surface area (Å²) in [5.41, 5.74) is 0.000321. The summed E-state index contributed by atoms with van der Waals surface area (Å²) in [6, 6.07) is 6.31. The van der Waals surface area contributed by atoms with Gasteiger partial charge in [-0.2, -0.15) is 0 Å². The summed E-state index contributed by atoms with van der Waals surface area (Å²) in [5.74, 6) is 0.0791. The van der Waals surface area contributed by atoms with Crippen molar-refractivity contribution in [2.45, 2.75) is 75.5 Å². The monoisotopic (exact) mass is 414 g/mol. The van der Waals surface area contributed by atoms with Crippen LogP contribution in [0.2, 0.25) is 0 Å². The first-order chi connectivity index (χ1) is 14.6. The lowest BCUT2D eigenvalue weighted by atomic mass is 9.68. The van der Waals surface area contributed by atoms with Gasteiger partial charge in [0.1, 0.15) is 5.82 Å². The molecule has 6 heteroatoms. The van der Waals surface area contributed by atoms with Crippen molar-refractivity contribution in [2.24, 2.45) is 5.92 Å². The third kappa shape index (κ3) is 3.43. The lowest BCUT2D eigenvalue weighted by Gasteiger charge is -2.62. The Kier molecular flexibility index (Phi) is 5.30. The number of hydrogen-bond donors (Lipinski definition) is 0. The minimum atomic E-state index is -0.473. The molecule has 4 fully saturated rings. The minimum absolute atomic E-state index is 0.132. The molecule has 1 unspecified atom stereocenters. The van der Waals surface area contributed by atoms with Gasteiger partial charge in [-0.1, -0.05) is 31.4 Å². The maximum atomic E-state index is 14.0. The number of amides is 2. The molecule has 0 radical (unpaired) electrons. The van der Waals surface area contributed by atoms with E-state index in [1.807, 2.05) is 0 Å². The number of ether oxygens (including phenoxy) is 1. The maximum Gasteiger partial charge on any atom is 0.256 e. The largest absolute Gasteiger partial charge is 0.366 e. The zero-order valence-corrected chi connectivity index (χ0v) is 17.5. The van der Waals surface area contributed by atoms with Gasteiger partial charge in [-0.15, -0.1) is 0 Å². The molecule has 5 rings (SSSR count). The highest BCUT2D eigenvalue weighted by molar-refractivity contribution is 5.94. The maximum absolute atomic E-state index is 14.0. The van der Waals surface area contributed by atoms with Crippen LogP contribution < -0.4 is 0 Å². The Hall–Kier alpha value is -1.95. The van der Waals surface area contributed by atoms with Crippen LogP contribution in [0.3, 0.4) is 0 Å². The number of benzene rings is 1. The van der Waals surface area contributed by atoms with Gasteiger partial charge < -0.3 is 14.5 Å². The zero-order valence-electron chi connectivity index (χ0n) is 17.5. The smallest absolute Gasteiger partial charge is 0.256 e. The van der Waals surface area contributed by atoms with Gasteiger partial charge in [0.2, 0.25) is 0 Å². The summed E-state index contributed by atoms with van der Waals surface area (Å²) >= 11 is 0. The van der Waals surface area contributed by atoms with Gasteiger partial charge in [0.25, 0.3) is 11.8 Å². The molecule has 1 spiro atoms. The summed E-state index contributed by atoms with van der Waals surface area (Å²) in [7, 11) is 0. The highest BCUT2D eigenvalue weighted by atomic mass is 19.1. The molecular formula is C24H31FN2O3. The van der Waals surface area contributed by atoms with Crippen LogP contribution in [0.1, 0.15) is 68.1 Å². The minimum Gasteiger partial charge on any atom is -0.366 e. The van der Waals surface area contributed by atoms with Crippen LogP contribution >= 0.6 is 0 Å². The van der Waals surface area contributed by atoms with Gasteiger partial charge in [0.05, 0.1) is 17.7 Å². The molecule has 0 aromatic heterocycles. The summed E-state index contributed by atoms with van der Waals surface area (Å²) in [6.07, 6.45) is 9.29. The van der Waals surface area contributed by atoms with E-state index in [2.05, 4.69) is 4.90 Å². The fourth-order valence-corrected chi connectivity index (χ4v) is 5.72. The van der Waals surface area contributed by atoms with E-state index in [4.69, 9.17) is 4.74 Å². The van der Waals surface area contributed by atoms with Gasteiger partial charge >= 0.3 is 0 Å². The van der Waals surface area contributed by atoms with Crippen molar-refractivity contribution in [1.29, 1.82) is 0 Å². The molecule has 5 nitrogen and oxygen atoms in total. The molecular weight excluding hydrogens is 383 g/mol. The Labute approximate surface area is 177 Å². The molecule has 2 heterocycles. The lowest BCUT2D eigenvalue weighted by Crippen LogP contribution is -2.78. The molecule has 1 aromatic rings. The number of carbonyl (C=O) groups is 2. The van der Waals surface area contributed by atoms with Crippen LogP contribution in [-0.4, -0.2) is 59.0 Å². The van der Waals surface area contributed by atoms with Gasteiger partial charge in [0.15, 0.2) is 6.10 Å². The summed E-state index contributed by atoms with van der Waals surface area (Å²) in [6.45, 7) is 1.85. The van der Waals surface area contributed by atoms with Crippen molar-refractivity contribution < 1.29 is 18.7 Å². The van der Waals surface area contributed by atoms with Crippen molar-refractivity contribution in [1.82, 2.24) is 9.80 Å². The van der Waals surface area contributed by atoms with Crippen LogP contribution in [0, 0.1) is 11.7 Å². The SMILES string of the molecule is O=C(c1ccccc1F)N1CCC(N2C(=O)C(OCC3CC3)C23CCCCC3)CC1. The van der Waals surface area contributed by atoms with E-state index in [0.717, 1.165) is 45.1 Å². The second kappa shape index (κ2) is 7.95. The molecule has 2 aliphatic heterocycles. The Morgan fingerprint density at radius 2 is 1.77 bits per heavy atom. The number of rotatable bonds is 5. The van der Waals surface area contributed by atoms with Crippen LogP contribution in [0.25, 0.3) is 0 Å². The first-order valence-electron chi connectivity index (χ1n) is 11.6. The van der Waals surface area contributed by atoms with E-state index < -0.39 is 5.82 Å². The molecule has 2 saturated heterocycles. The Morgan fingerprint density at radius 1 is 1.07 bits per heavy atom. The predicted molar refractivity (Wildman–Crippen MR) is 110 cm³/mol. The van der Waals surface area contributed by atoms with Crippen molar-refractivity contribution >= 4 is 11.8 Å². The summed E-state index contributed by atoms with van der Waals surface area (Å²) < 4.78 is 20.2. The second-order valence-electron chi connectivity index (χ2n) is 9.53. The second-order valence-corrected chi connectivity index (χ2v) is 9.53. The normalized spacial score (nSPS) is 26.7. The van der Waals surface area contributed by atoms with E-state index in [9.17, 15) is 14.0 Å². The van der Waals surface area contributed by atoms with Crippen molar-refractivity contribution in [3.63, 3.8) is 0 Å². The van der Waals surface area contributed by atoms with Crippen molar-refractivity contribution in [3.05, 3.63) is 35.6 Å². The summed E-state index contributed by atoms with van der Waals surface area (Å²) in [4.78, 5) is 29.7. The quantitative estimate of drug-likeness (QED) is 0.689. The molecule has 0 N–H and O–H groups in total. The van der Waals surface area contributed by atoms with Gasteiger partial charge in [-0.25, -0.2) is 4.39 Å². The zero-order chi connectivity index (χ0) is 20.7. The van der Waals surface area contributed by atoms with Crippen LogP contribution in [0.5, 0.6) is 0 Å². The fourth-order valence-electron chi connectivity index (χ4n) is 5.72. The molecule has 4 aliphatic rings. The van der Waals surface area contributed by atoms with Gasteiger partial charge in [-0.05, 0) is 56.6 Å². The Bertz CT molecular complexity index is 810. The molecule has 2 saturated carbocycles. The topological polar surface area (TPSA) is 49.9 Å². The first kappa shape index (κ1) is 20.0. The number of likely N-dealkylation sites (tertiary alicyclic amines) is 2. The van der Waals surface area contributed by atoms with Crippen LogP contribution in [0.15, 0.2) is 24.3 Å². The van der Waals surface area contributed by atoms with E-state index in [-0.39, 0.29) is 35.1 Å². The highest BCUT2D eigenvalue weighted by Gasteiger charge is 2.62. The van der Waals surface area contributed by atoms with E-state index in [1.54, 1.807) is 23.1 Å². The van der Waals surface area contributed by atoms with Crippen molar-refractivity contribution in [3.8, 4) is 0 Å². The highest BCUT2D eigenvalue weighted by Crippen LogP contribution is 2.48. The van der Waals surface area contributed by atoms with E-state index in [0.29, 0.717) is 19.0 Å². The average Bonchev–Trinajstić information content (AvgIpc) is 3.59. The number of hydrogen-bond acceptors (Lipinski definition) is 3. The predicted octanol–water partition coefficient (Wildman–Crippen LogP) is 3.77. The number of piperidine rings is 1. The molecule has 162 valence electrons. The van der Waals surface area contributed by atoms with E-state index in [1.165, 1.54) is 25.3 Å². The fraction of sp³-hybridized carbons (Fsp3) is 0.667. The molecule has 2 amide bonds. The van der Waals surface area contributed by atoms with Gasteiger partial charge in [0, 0.05) is 19.1 Å². The molecule has 2 aliphatic carbocycles. The standard InChI is InChI=1S/C24H31FN2O3/c25-20-7-3-2-6-19(20)22(28)26-14-10-18(11-15-26)27-23(29)21(30-16-17-8-9-17)24(27)12-4-1-5-13-24/h2-3,6-7,17-18,21H,1,4-5,8-16H2. The number of β-lactam (4-membered cyclic amide) rings is 1. The van der Waals surface area contributed by atoms with Crippen LogP contribution in [0.4, 0.5) is 4.39 Å². The van der Waals surface area contributed by atoms with Crippen LogP contribution in [-0.2, 0) is 9.53 Å². The molecule has 0 bridgehead atoms. The number of nitrogens with zero attached hydrogens (tertiary/aromatic N) is 2. The molecule has 1 aromatic carbocycles. The Morgan fingerprint density at radius 3 is 2.43 bits per heavy atom. The summed E-state index contributed by atoms with van der Waals surface area (Å²) in [5, 5.41) is 0. The average molecular weight is 415 g/mol.